The molecule has 0 aromatic carbocycles. The van der Waals surface area contributed by atoms with Gasteiger partial charge < -0.3 is 4.74 Å². The Hall–Kier alpha value is -1.34. The first kappa shape index (κ1) is 13.7. The Morgan fingerprint density at radius 2 is 1.93 bits per heavy atom. The second-order valence-electron chi connectivity index (χ2n) is 3.88. The maximum Gasteiger partial charge on any atom is 0.426 e. The van der Waals surface area contributed by atoms with E-state index in [1.54, 1.807) is 20.8 Å². The van der Waals surface area contributed by atoms with Crippen molar-refractivity contribution in [2.45, 2.75) is 26.4 Å². The molecule has 0 aromatic heterocycles. The number of hydrogen-bond acceptors (Lipinski definition) is 5. The van der Waals surface area contributed by atoms with E-state index in [4.69, 9.17) is 10.6 Å². The van der Waals surface area contributed by atoms with Crippen molar-refractivity contribution in [3.8, 4) is 0 Å². The molecule has 0 saturated heterocycles. The molecular weight excluding hydrogens is 202 g/mol. The van der Waals surface area contributed by atoms with Crippen molar-refractivity contribution in [3.63, 3.8) is 0 Å². The molecule has 0 aliphatic heterocycles. The number of hydrogen-bond donors (Lipinski definition) is 2. The fourth-order valence-electron chi connectivity index (χ4n) is 0.668. The van der Waals surface area contributed by atoms with Crippen LogP contribution >= 0.6 is 0 Å². The van der Waals surface area contributed by atoms with E-state index in [0.29, 0.717) is 0 Å². The highest BCUT2D eigenvalue weighted by Crippen LogP contribution is 2.06. The highest BCUT2D eigenvalue weighted by molar-refractivity contribution is 5.79. The summed E-state index contributed by atoms with van der Waals surface area (Å²) >= 11 is 0. The zero-order valence-corrected chi connectivity index (χ0v) is 9.36. The molecule has 0 aromatic rings. The molecule has 0 spiro atoms. The lowest BCUT2D eigenvalue weighted by molar-refractivity contribution is -0.137. The monoisotopic (exact) mass is 219 g/mol. The van der Waals surface area contributed by atoms with Gasteiger partial charge in [0, 0.05) is 7.05 Å². The lowest BCUT2D eigenvalue weighted by Crippen LogP contribution is -2.47. The molecule has 0 saturated carbocycles. The minimum atomic E-state index is -0.713. The van der Waals surface area contributed by atoms with Gasteiger partial charge in [0.25, 0.3) is 5.91 Å². The predicted octanol–water partition coefficient (Wildman–Crippen LogP) is -0.225. The number of likely N-dealkylation sites (N-methyl/N-ethyl adjacent to an activating group) is 1. The third kappa shape index (κ3) is 6.69. The van der Waals surface area contributed by atoms with Crippen LogP contribution in [-0.4, -0.2) is 36.3 Å². The summed E-state index contributed by atoms with van der Waals surface area (Å²) in [6, 6.07) is 0. The van der Waals surface area contributed by atoms with Gasteiger partial charge in [-0.15, -0.1) is 0 Å². The average Bonchev–Trinajstić information content (AvgIpc) is 2.00. The van der Waals surface area contributed by atoms with E-state index in [1.807, 2.05) is 0 Å². The molecule has 3 N–H and O–H groups in total. The molecule has 7 nitrogen and oxygen atoms in total. The molecule has 0 unspecified atom stereocenters. The molecule has 0 atom stereocenters. The van der Waals surface area contributed by atoms with Crippen LogP contribution in [0.1, 0.15) is 20.8 Å². The second kappa shape index (κ2) is 5.52. The summed E-state index contributed by atoms with van der Waals surface area (Å²) < 4.78 is 4.92. The number of rotatable bonds is 2. The number of amides is 2. The smallest absolute Gasteiger partial charge is 0.426 e. The first-order valence-corrected chi connectivity index (χ1v) is 4.34. The van der Waals surface area contributed by atoms with E-state index in [0.717, 1.165) is 5.01 Å². The predicted molar refractivity (Wildman–Crippen MR) is 52.3 cm³/mol. The molecule has 2 amide bonds. The lowest BCUT2D eigenvalue weighted by atomic mass is 10.2. The van der Waals surface area contributed by atoms with Crippen molar-refractivity contribution < 1.29 is 19.2 Å². The van der Waals surface area contributed by atoms with Crippen LogP contribution < -0.4 is 11.3 Å². The molecule has 0 radical (unpaired) electrons. The summed E-state index contributed by atoms with van der Waals surface area (Å²) in [6.07, 6.45) is -0.713. The van der Waals surface area contributed by atoms with E-state index < -0.39 is 17.6 Å². The van der Waals surface area contributed by atoms with Gasteiger partial charge in [-0.05, 0) is 20.8 Å². The molecule has 0 heterocycles. The topological polar surface area (TPSA) is 93.9 Å². The maximum absolute atomic E-state index is 11.2. The molecule has 0 bridgehead atoms. The van der Waals surface area contributed by atoms with Crippen LogP contribution in [0.4, 0.5) is 4.79 Å². The molecular formula is C8H17N3O4. The van der Waals surface area contributed by atoms with Crippen LogP contribution in [-0.2, 0) is 14.4 Å². The van der Waals surface area contributed by atoms with Crippen LogP contribution in [0.25, 0.3) is 0 Å². The summed E-state index contributed by atoms with van der Waals surface area (Å²) in [5.41, 5.74) is 1.60. The van der Waals surface area contributed by atoms with Gasteiger partial charge >= 0.3 is 6.09 Å². The molecule has 7 heteroatoms. The van der Waals surface area contributed by atoms with Gasteiger partial charge in [0.05, 0.1) is 0 Å². The Morgan fingerprint density at radius 1 is 1.40 bits per heavy atom. The quantitative estimate of drug-likeness (QED) is 0.626. The van der Waals surface area contributed by atoms with Gasteiger partial charge in [-0.2, -0.15) is 0 Å². The zero-order valence-electron chi connectivity index (χ0n) is 9.36. The number of nitrogens with one attached hydrogen (secondary N) is 1. The summed E-state index contributed by atoms with van der Waals surface area (Å²) in [7, 11) is 1.37. The summed E-state index contributed by atoms with van der Waals surface area (Å²) in [6.45, 7) is 4.85. The van der Waals surface area contributed by atoms with Gasteiger partial charge in [-0.25, -0.2) is 16.1 Å². The summed E-state index contributed by atoms with van der Waals surface area (Å²) in [5, 5.41) is 0.945. The lowest BCUT2D eigenvalue weighted by Gasteiger charge is -2.23. The number of nitrogens with two attached hydrogens (primary N) is 1. The number of carbonyl (C=O) groups excluding carboxylic acids is 2. The third-order valence-electron chi connectivity index (χ3n) is 1.24. The first-order valence-electron chi connectivity index (χ1n) is 4.34. The second-order valence-corrected chi connectivity index (χ2v) is 3.88. The Balaban J connectivity index is 4.02. The summed E-state index contributed by atoms with van der Waals surface area (Å²) in [5.74, 6) is 4.23. The molecule has 0 fully saturated rings. The third-order valence-corrected chi connectivity index (χ3v) is 1.24. The van der Waals surface area contributed by atoms with Crippen molar-refractivity contribution in [2.75, 3.05) is 13.7 Å². The van der Waals surface area contributed by atoms with Crippen molar-refractivity contribution in [3.05, 3.63) is 0 Å². The van der Waals surface area contributed by atoms with Gasteiger partial charge in [0.2, 0.25) is 0 Å². The normalized spacial score (nSPS) is 10.7. The van der Waals surface area contributed by atoms with E-state index >= 15 is 0 Å². The molecule has 88 valence electrons. The summed E-state index contributed by atoms with van der Waals surface area (Å²) in [4.78, 5) is 26.4. The van der Waals surface area contributed by atoms with E-state index in [2.05, 4.69) is 10.3 Å². The fraction of sp³-hybridized carbons (Fsp3) is 0.750. The molecule has 0 aliphatic rings. The number of hydrazine groups is 1. The Bertz CT molecular complexity index is 237. The molecule has 0 aliphatic carbocycles. The van der Waals surface area contributed by atoms with Gasteiger partial charge in [-0.3, -0.25) is 14.6 Å². The van der Waals surface area contributed by atoms with Crippen molar-refractivity contribution in [1.29, 1.82) is 0 Å². The van der Waals surface area contributed by atoms with Crippen LogP contribution in [0.5, 0.6) is 0 Å². The molecule has 0 rings (SSSR count). The highest BCUT2D eigenvalue weighted by atomic mass is 16.6. The van der Waals surface area contributed by atoms with Crippen molar-refractivity contribution in [2.24, 2.45) is 5.90 Å². The van der Waals surface area contributed by atoms with Crippen LogP contribution in [0.15, 0.2) is 0 Å². The first-order chi connectivity index (χ1) is 6.76. The van der Waals surface area contributed by atoms with E-state index in [9.17, 15) is 9.59 Å². The minimum Gasteiger partial charge on any atom is -0.443 e. The maximum atomic E-state index is 11.2. The van der Waals surface area contributed by atoms with E-state index in [-0.39, 0.29) is 6.61 Å². The Kier molecular flexibility index (Phi) is 5.03. The van der Waals surface area contributed by atoms with Gasteiger partial charge in [0.1, 0.15) is 12.2 Å². The van der Waals surface area contributed by atoms with Gasteiger partial charge in [0.15, 0.2) is 0 Å². The van der Waals surface area contributed by atoms with Crippen LogP contribution in [0.2, 0.25) is 0 Å². The van der Waals surface area contributed by atoms with Crippen LogP contribution in [0.3, 0.4) is 0 Å². The minimum absolute atomic E-state index is 0.313. The Labute approximate surface area is 88.4 Å². The molecule has 15 heavy (non-hydrogen) atoms. The van der Waals surface area contributed by atoms with Gasteiger partial charge in [-0.1, -0.05) is 0 Å². The average molecular weight is 219 g/mol. The highest BCUT2D eigenvalue weighted by Gasteiger charge is 2.18. The van der Waals surface area contributed by atoms with Crippen LogP contribution in [0, 0.1) is 0 Å². The van der Waals surface area contributed by atoms with Crippen molar-refractivity contribution >= 4 is 12.0 Å². The fourth-order valence-corrected chi connectivity index (χ4v) is 0.668. The Morgan fingerprint density at radius 3 is 2.33 bits per heavy atom. The standard InChI is InChI=1S/C8H17N3O4/c1-8(2,3)15-7(13)10-11(4)6(12)5-14-9/h5,9H2,1-4H3,(H,10,13). The number of ether oxygens (including phenoxy) is 1. The zero-order chi connectivity index (χ0) is 12.1. The SMILES string of the molecule is CN(NC(=O)OC(C)(C)C)C(=O)CON. The van der Waals surface area contributed by atoms with E-state index in [1.165, 1.54) is 7.05 Å². The number of nitrogens with zero attached hydrogens (tertiary/aromatic N) is 1. The van der Waals surface area contributed by atoms with Crippen molar-refractivity contribution in [1.82, 2.24) is 10.4 Å². The number of carbonyl (C=O) groups is 2. The largest absolute Gasteiger partial charge is 0.443 e.